The topological polar surface area (TPSA) is 101 Å². The molecule has 2 N–H and O–H groups in total. The summed E-state index contributed by atoms with van der Waals surface area (Å²) in [6.45, 7) is 1.47. The minimum Gasteiger partial charge on any atom is -0.361 e. The lowest BCUT2D eigenvalue weighted by Gasteiger charge is -2.15. The highest BCUT2D eigenvalue weighted by Crippen LogP contribution is 2.37. The first kappa shape index (κ1) is 23.4. The minimum atomic E-state index is -4.90. The second-order valence-electron chi connectivity index (χ2n) is 6.51. The zero-order chi connectivity index (χ0) is 23.5. The fourth-order valence-corrected chi connectivity index (χ4v) is 3.60. The zero-order valence-corrected chi connectivity index (χ0v) is 17.8. The van der Waals surface area contributed by atoms with Crippen LogP contribution in [0.25, 0.3) is 6.08 Å². The van der Waals surface area contributed by atoms with Gasteiger partial charge >= 0.3 is 6.18 Å². The number of halogens is 4. The van der Waals surface area contributed by atoms with Crippen LogP contribution in [0, 0.1) is 6.92 Å². The van der Waals surface area contributed by atoms with Crippen LogP contribution in [0.1, 0.15) is 27.2 Å². The first-order valence-electron chi connectivity index (χ1n) is 8.85. The van der Waals surface area contributed by atoms with Gasteiger partial charge in [-0.15, -0.1) is 0 Å². The molecule has 0 spiro atoms. The summed E-state index contributed by atoms with van der Waals surface area (Å²) in [7, 11) is -4.27. The van der Waals surface area contributed by atoms with E-state index < -0.39 is 33.4 Å². The van der Waals surface area contributed by atoms with E-state index in [1.807, 2.05) is 4.72 Å². The van der Waals surface area contributed by atoms with Crippen molar-refractivity contribution in [3.8, 4) is 0 Å². The van der Waals surface area contributed by atoms with Crippen LogP contribution in [-0.4, -0.2) is 19.5 Å². The Labute approximate surface area is 185 Å². The third kappa shape index (κ3) is 5.89. The van der Waals surface area contributed by atoms with Crippen molar-refractivity contribution in [2.75, 3.05) is 10.0 Å². The SMILES string of the molecule is Cc1oncc1C(=O)Nc1ccc(NS(=O)(=O)/C=C/c2ccc(Cl)cc2)c(C(F)(F)F)c1. The Morgan fingerprint density at radius 3 is 2.44 bits per heavy atom. The maximum atomic E-state index is 13.6. The van der Waals surface area contributed by atoms with Crippen molar-refractivity contribution in [1.82, 2.24) is 5.16 Å². The van der Waals surface area contributed by atoms with Crippen molar-refractivity contribution < 1.29 is 30.9 Å². The third-order valence-electron chi connectivity index (χ3n) is 4.14. The summed E-state index contributed by atoms with van der Waals surface area (Å²) < 4.78 is 71.9. The molecular formula is C20H15ClF3N3O4S. The summed E-state index contributed by atoms with van der Waals surface area (Å²) in [4.78, 5) is 12.2. The highest BCUT2D eigenvalue weighted by atomic mass is 35.5. The fraction of sp³-hybridized carbons (Fsp3) is 0.100. The molecule has 0 bridgehead atoms. The van der Waals surface area contributed by atoms with Gasteiger partial charge in [0.05, 0.1) is 22.9 Å². The number of nitrogens with one attached hydrogen (secondary N) is 2. The van der Waals surface area contributed by atoms with E-state index in [1.165, 1.54) is 25.1 Å². The lowest BCUT2D eigenvalue weighted by Crippen LogP contribution is -2.17. The fourth-order valence-electron chi connectivity index (χ4n) is 2.59. The van der Waals surface area contributed by atoms with Crippen LogP contribution in [0.2, 0.25) is 5.02 Å². The van der Waals surface area contributed by atoms with E-state index in [9.17, 15) is 26.4 Å². The number of benzene rings is 2. The molecule has 12 heteroatoms. The van der Waals surface area contributed by atoms with Gasteiger partial charge in [-0.05, 0) is 48.9 Å². The van der Waals surface area contributed by atoms with Crippen LogP contribution in [-0.2, 0) is 16.2 Å². The summed E-state index contributed by atoms with van der Waals surface area (Å²) >= 11 is 5.75. The van der Waals surface area contributed by atoms with Crippen molar-refractivity contribution in [3.05, 3.63) is 81.5 Å². The van der Waals surface area contributed by atoms with Crippen LogP contribution < -0.4 is 10.0 Å². The minimum absolute atomic E-state index is 0.0516. The summed E-state index contributed by atoms with van der Waals surface area (Å²) in [5, 5.41) is 6.92. The Balaban J connectivity index is 1.85. The highest BCUT2D eigenvalue weighted by molar-refractivity contribution is 7.95. The molecule has 1 heterocycles. The van der Waals surface area contributed by atoms with Gasteiger partial charge in [0.2, 0.25) is 0 Å². The van der Waals surface area contributed by atoms with Crippen LogP contribution in [0.3, 0.4) is 0 Å². The smallest absolute Gasteiger partial charge is 0.361 e. The number of aryl methyl sites for hydroxylation is 1. The quantitative estimate of drug-likeness (QED) is 0.492. The summed E-state index contributed by atoms with van der Waals surface area (Å²) in [5.41, 5.74) is -1.63. The van der Waals surface area contributed by atoms with Crippen LogP contribution >= 0.6 is 11.6 Å². The molecule has 1 aromatic heterocycles. The lowest BCUT2D eigenvalue weighted by molar-refractivity contribution is -0.136. The first-order chi connectivity index (χ1) is 14.9. The second-order valence-corrected chi connectivity index (χ2v) is 8.51. The van der Waals surface area contributed by atoms with Gasteiger partial charge in [0, 0.05) is 10.7 Å². The zero-order valence-electron chi connectivity index (χ0n) is 16.3. The van der Waals surface area contributed by atoms with E-state index in [2.05, 4.69) is 10.5 Å². The number of carbonyl (C=O) groups excluding carboxylic acids is 1. The van der Waals surface area contributed by atoms with Gasteiger partial charge in [-0.2, -0.15) is 13.2 Å². The average Bonchev–Trinajstić information content (AvgIpc) is 3.14. The first-order valence-corrected chi connectivity index (χ1v) is 10.8. The van der Waals surface area contributed by atoms with Crippen molar-refractivity contribution >= 4 is 45.0 Å². The number of nitrogens with zero attached hydrogens (tertiary/aromatic N) is 1. The number of rotatable bonds is 6. The van der Waals surface area contributed by atoms with E-state index >= 15 is 0 Å². The van der Waals surface area contributed by atoms with Gasteiger partial charge in [0.1, 0.15) is 11.3 Å². The Kier molecular flexibility index (Phi) is 6.60. The summed E-state index contributed by atoms with van der Waals surface area (Å²) in [6.07, 6.45) is -2.56. The molecule has 168 valence electrons. The van der Waals surface area contributed by atoms with Crippen molar-refractivity contribution in [2.45, 2.75) is 13.1 Å². The number of carbonyl (C=O) groups is 1. The van der Waals surface area contributed by atoms with Gasteiger partial charge in [0.15, 0.2) is 0 Å². The summed E-state index contributed by atoms with van der Waals surface area (Å²) in [5.74, 6) is -0.536. The number of sulfonamides is 1. The Morgan fingerprint density at radius 2 is 1.84 bits per heavy atom. The Bertz CT molecular complexity index is 1270. The van der Waals surface area contributed by atoms with Gasteiger partial charge in [-0.3, -0.25) is 9.52 Å². The van der Waals surface area contributed by atoms with E-state index in [4.69, 9.17) is 16.1 Å². The average molecular weight is 486 g/mol. The summed E-state index contributed by atoms with van der Waals surface area (Å²) in [6, 6.07) is 8.84. The number of hydrogen-bond acceptors (Lipinski definition) is 5. The predicted octanol–water partition coefficient (Wildman–Crippen LogP) is 5.32. The molecule has 0 atom stereocenters. The van der Waals surface area contributed by atoms with Crippen molar-refractivity contribution in [3.63, 3.8) is 0 Å². The largest absolute Gasteiger partial charge is 0.418 e. The number of alkyl halides is 3. The van der Waals surface area contributed by atoms with Gasteiger partial charge < -0.3 is 9.84 Å². The molecule has 0 aliphatic heterocycles. The van der Waals surface area contributed by atoms with E-state index in [0.29, 0.717) is 16.7 Å². The standard InChI is InChI=1S/C20H15ClF3N3O4S/c1-12-16(11-25-31-12)19(28)26-15-6-7-18(17(10-15)20(22,23)24)27-32(29,30)9-8-13-2-4-14(21)5-3-13/h2-11,27H,1H3,(H,26,28)/b9-8+. The van der Waals surface area contributed by atoms with Crippen LogP contribution in [0.15, 0.2) is 58.6 Å². The molecule has 7 nitrogen and oxygen atoms in total. The maximum absolute atomic E-state index is 13.6. The Hall–Kier alpha value is -3.31. The second kappa shape index (κ2) is 9.05. The molecule has 0 aliphatic carbocycles. The van der Waals surface area contributed by atoms with Crippen LogP contribution in [0.5, 0.6) is 0 Å². The molecule has 0 aliphatic rings. The molecule has 2 aromatic carbocycles. The molecule has 0 saturated heterocycles. The third-order valence-corrected chi connectivity index (χ3v) is 5.39. The van der Waals surface area contributed by atoms with Gasteiger partial charge in [-0.25, -0.2) is 8.42 Å². The number of anilines is 2. The molecule has 3 aromatic rings. The highest BCUT2D eigenvalue weighted by Gasteiger charge is 2.35. The normalized spacial score (nSPS) is 12.2. The monoisotopic (exact) mass is 485 g/mol. The van der Waals surface area contributed by atoms with Crippen LogP contribution in [0.4, 0.5) is 24.5 Å². The van der Waals surface area contributed by atoms with E-state index in [0.717, 1.165) is 23.7 Å². The predicted molar refractivity (Wildman–Crippen MR) is 114 cm³/mol. The molecule has 1 amide bonds. The van der Waals surface area contributed by atoms with Crippen molar-refractivity contribution in [2.24, 2.45) is 0 Å². The number of hydrogen-bond donors (Lipinski definition) is 2. The van der Waals surface area contributed by atoms with E-state index in [1.54, 1.807) is 12.1 Å². The van der Waals surface area contributed by atoms with Crippen molar-refractivity contribution in [1.29, 1.82) is 0 Å². The molecule has 0 saturated carbocycles. The number of amides is 1. The molecule has 32 heavy (non-hydrogen) atoms. The number of aromatic nitrogens is 1. The van der Waals surface area contributed by atoms with Gasteiger partial charge in [-0.1, -0.05) is 28.9 Å². The van der Waals surface area contributed by atoms with Gasteiger partial charge in [0.25, 0.3) is 15.9 Å². The van der Waals surface area contributed by atoms with E-state index in [-0.39, 0.29) is 17.0 Å². The lowest BCUT2D eigenvalue weighted by atomic mass is 10.1. The maximum Gasteiger partial charge on any atom is 0.418 e. The molecular weight excluding hydrogens is 471 g/mol. The molecule has 3 rings (SSSR count). The Morgan fingerprint density at radius 1 is 1.16 bits per heavy atom. The molecule has 0 unspecified atom stereocenters. The molecule has 0 radical (unpaired) electrons. The molecule has 0 fully saturated rings.